The van der Waals surface area contributed by atoms with Gasteiger partial charge in [0.15, 0.2) is 0 Å². The van der Waals surface area contributed by atoms with Crippen LogP contribution >= 0.6 is 15.9 Å². The molecule has 0 radical (unpaired) electrons. The summed E-state index contributed by atoms with van der Waals surface area (Å²) in [6.45, 7) is 3.33. The zero-order chi connectivity index (χ0) is 12.8. The van der Waals surface area contributed by atoms with Crippen molar-refractivity contribution in [3.63, 3.8) is 0 Å². The van der Waals surface area contributed by atoms with Gasteiger partial charge in [-0.2, -0.15) is 0 Å². The number of hydrogen-bond donors (Lipinski definition) is 0. The fourth-order valence-corrected chi connectivity index (χ4v) is 4.52. The van der Waals surface area contributed by atoms with Crippen LogP contribution in [0.4, 0.5) is 0 Å². The van der Waals surface area contributed by atoms with E-state index >= 15 is 0 Å². The Hall–Kier alpha value is 0.440. The van der Waals surface area contributed by atoms with Gasteiger partial charge in [0.05, 0.1) is 6.10 Å². The first-order valence-corrected chi connectivity index (χ1v) is 8.96. The highest BCUT2D eigenvalue weighted by molar-refractivity contribution is 9.09. The Morgan fingerprint density at radius 2 is 2.00 bits per heavy atom. The van der Waals surface area contributed by atoms with Gasteiger partial charge < -0.3 is 4.74 Å². The highest BCUT2D eigenvalue weighted by Crippen LogP contribution is 2.38. The molecule has 0 bridgehead atoms. The third-order valence-electron chi connectivity index (χ3n) is 4.82. The topological polar surface area (TPSA) is 9.23 Å². The van der Waals surface area contributed by atoms with Crippen molar-refractivity contribution in [3.8, 4) is 0 Å². The Bertz CT molecular complexity index is 225. The quantitative estimate of drug-likeness (QED) is 0.603. The van der Waals surface area contributed by atoms with Crippen LogP contribution in [0.2, 0.25) is 0 Å². The highest BCUT2D eigenvalue weighted by Gasteiger charge is 2.28. The fraction of sp³-hybridized carbons (Fsp3) is 1.00. The maximum absolute atomic E-state index is 5.72. The summed E-state index contributed by atoms with van der Waals surface area (Å²) >= 11 is 3.92. The molecule has 18 heavy (non-hydrogen) atoms. The molecule has 0 N–H and O–H groups in total. The third-order valence-corrected chi connectivity index (χ3v) is 6.03. The molecule has 1 aliphatic heterocycles. The zero-order valence-corrected chi connectivity index (χ0v) is 13.5. The summed E-state index contributed by atoms with van der Waals surface area (Å²) in [5.74, 6) is 1.94. The maximum Gasteiger partial charge on any atom is 0.0576 e. The Labute approximate surface area is 121 Å². The predicted octanol–water partition coefficient (Wildman–Crippen LogP) is 5.32. The standard InChI is InChI=1S/C16H29BrO/c1-2-5-13-9-10-16(17)14(12-13)6-3-7-15-8-4-11-18-15/h13-16H,2-12H2,1H3. The maximum atomic E-state index is 5.72. The second-order valence-corrected chi connectivity index (χ2v) is 7.49. The van der Waals surface area contributed by atoms with Gasteiger partial charge in [-0.05, 0) is 56.8 Å². The van der Waals surface area contributed by atoms with E-state index in [-0.39, 0.29) is 0 Å². The van der Waals surface area contributed by atoms with Gasteiger partial charge in [0, 0.05) is 11.4 Å². The van der Waals surface area contributed by atoms with E-state index in [1.54, 1.807) is 0 Å². The summed E-state index contributed by atoms with van der Waals surface area (Å²) < 4.78 is 5.72. The van der Waals surface area contributed by atoms with Gasteiger partial charge in [0.25, 0.3) is 0 Å². The predicted molar refractivity (Wildman–Crippen MR) is 81.3 cm³/mol. The largest absolute Gasteiger partial charge is 0.378 e. The zero-order valence-electron chi connectivity index (χ0n) is 11.9. The van der Waals surface area contributed by atoms with Crippen molar-refractivity contribution in [2.24, 2.45) is 11.8 Å². The molecule has 0 aromatic rings. The van der Waals surface area contributed by atoms with E-state index in [0.717, 1.165) is 23.3 Å². The van der Waals surface area contributed by atoms with Crippen molar-refractivity contribution in [1.82, 2.24) is 0 Å². The van der Waals surface area contributed by atoms with Crippen molar-refractivity contribution in [2.75, 3.05) is 6.61 Å². The van der Waals surface area contributed by atoms with E-state index < -0.39 is 0 Å². The summed E-state index contributed by atoms with van der Waals surface area (Å²) in [6.07, 6.45) is 14.4. The van der Waals surface area contributed by atoms with E-state index in [4.69, 9.17) is 4.74 Å². The number of halogens is 1. The third kappa shape index (κ3) is 4.52. The molecule has 0 spiro atoms. The van der Waals surface area contributed by atoms with Crippen LogP contribution in [-0.4, -0.2) is 17.5 Å². The molecular weight excluding hydrogens is 288 g/mol. The van der Waals surface area contributed by atoms with Gasteiger partial charge in [-0.25, -0.2) is 0 Å². The van der Waals surface area contributed by atoms with Crippen LogP contribution in [0.3, 0.4) is 0 Å². The molecule has 106 valence electrons. The number of rotatable bonds is 6. The molecule has 0 amide bonds. The summed E-state index contributed by atoms with van der Waals surface area (Å²) in [5, 5.41) is 0. The van der Waals surface area contributed by atoms with Gasteiger partial charge in [-0.1, -0.05) is 42.1 Å². The average Bonchev–Trinajstić information content (AvgIpc) is 2.86. The lowest BCUT2D eigenvalue weighted by atomic mass is 9.77. The molecule has 1 heterocycles. The molecule has 2 heteroatoms. The fourth-order valence-electron chi connectivity index (χ4n) is 3.77. The molecular formula is C16H29BrO. The molecule has 4 atom stereocenters. The van der Waals surface area contributed by atoms with Crippen LogP contribution < -0.4 is 0 Å². The highest BCUT2D eigenvalue weighted by atomic mass is 79.9. The smallest absolute Gasteiger partial charge is 0.0576 e. The van der Waals surface area contributed by atoms with Crippen molar-refractivity contribution in [1.29, 1.82) is 0 Å². The minimum atomic E-state index is 0.591. The summed E-state index contributed by atoms with van der Waals surface area (Å²) in [5.41, 5.74) is 0. The molecule has 2 fully saturated rings. The van der Waals surface area contributed by atoms with E-state index in [0.29, 0.717) is 6.10 Å². The van der Waals surface area contributed by atoms with Crippen molar-refractivity contribution < 1.29 is 4.74 Å². The first-order valence-electron chi connectivity index (χ1n) is 8.05. The van der Waals surface area contributed by atoms with E-state index in [1.807, 2.05) is 0 Å². The molecule has 0 aromatic heterocycles. The van der Waals surface area contributed by atoms with Crippen molar-refractivity contribution in [3.05, 3.63) is 0 Å². The number of alkyl halides is 1. The van der Waals surface area contributed by atoms with Crippen LogP contribution in [0.25, 0.3) is 0 Å². The lowest BCUT2D eigenvalue weighted by Crippen LogP contribution is -2.25. The minimum Gasteiger partial charge on any atom is -0.378 e. The summed E-state index contributed by atoms with van der Waals surface area (Å²) in [4.78, 5) is 0.787. The van der Waals surface area contributed by atoms with Gasteiger partial charge in [-0.3, -0.25) is 0 Å². The summed E-state index contributed by atoms with van der Waals surface area (Å²) in [6, 6.07) is 0. The van der Waals surface area contributed by atoms with E-state index in [9.17, 15) is 0 Å². The Balaban J connectivity index is 1.65. The molecule has 1 saturated heterocycles. The molecule has 1 nitrogen and oxygen atoms in total. The monoisotopic (exact) mass is 316 g/mol. The van der Waals surface area contributed by atoms with E-state index in [1.165, 1.54) is 64.2 Å². The van der Waals surface area contributed by atoms with Crippen molar-refractivity contribution >= 4 is 15.9 Å². The minimum absolute atomic E-state index is 0.591. The summed E-state index contributed by atoms with van der Waals surface area (Å²) in [7, 11) is 0. The van der Waals surface area contributed by atoms with Gasteiger partial charge in [0.1, 0.15) is 0 Å². The first kappa shape index (κ1) is 14.8. The normalized spacial score (nSPS) is 37.0. The van der Waals surface area contributed by atoms with Crippen LogP contribution in [-0.2, 0) is 4.74 Å². The van der Waals surface area contributed by atoms with E-state index in [2.05, 4.69) is 22.9 Å². The lowest BCUT2D eigenvalue weighted by Gasteiger charge is -2.33. The molecule has 1 aliphatic carbocycles. The lowest BCUT2D eigenvalue weighted by molar-refractivity contribution is 0.0994. The second-order valence-electron chi connectivity index (χ2n) is 6.31. The van der Waals surface area contributed by atoms with Crippen LogP contribution in [0.15, 0.2) is 0 Å². The molecule has 2 rings (SSSR count). The molecule has 1 saturated carbocycles. The number of hydrogen-bond acceptors (Lipinski definition) is 1. The number of ether oxygens (including phenoxy) is 1. The van der Waals surface area contributed by atoms with Crippen LogP contribution in [0, 0.1) is 11.8 Å². The second kappa shape index (κ2) is 7.89. The van der Waals surface area contributed by atoms with Crippen molar-refractivity contribution in [2.45, 2.75) is 82.1 Å². The van der Waals surface area contributed by atoms with Gasteiger partial charge >= 0.3 is 0 Å². The SMILES string of the molecule is CCCC1CCC(Br)C(CCCC2CCCO2)C1. The molecule has 2 aliphatic rings. The van der Waals surface area contributed by atoms with Gasteiger partial charge in [-0.15, -0.1) is 0 Å². The molecule has 0 aromatic carbocycles. The average molecular weight is 317 g/mol. The van der Waals surface area contributed by atoms with Crippen LogP contribution in [0.1, 0.15) is 71.1 Å². The van der Waals surface area contributed by atoms with Gasteiger partial charge in [0.2, 0.25) is 0 Å². The Morgan fingerprint density at radius 3 is 2.72 bits per heavy atom. The van der Waals surface area contributed by atoms with Crippen LogP contribution in [0.5, 0.6) is 0 Å². The Morgan fingerprint density at radius 1 is 1.11 bits per heavy atom. The molecule has 4 unspecified atom stereocenters. The Kier molecular flexibility index (Phi) is 6.51. The first-order chi connectivity index (χ1) is 8.79.